The molecule has 2 rings (SSSR count). The minimum absolute atomic E-state index is 0.0354. The van der Waals surface area contributed by atoms with Crippen molar-refractivity contribution in [3.05, 3.63) is 41.6 Å². The SMILES string of the molecule is CCCCC(=O)N(CC(=O)Nc1cc(C(C)(C)C)nn1-c1cccc(C)c1)CC(C)C. The summed E-state index contributed by atoms with van der Waals surface area (Å²) in [7, 11) is 0. The number of amides is 2. The van der Waals surface area contributed by atoms with E-state index in [-0.39, 0.29) is 23.8 Å². The molecule has 2 aromatic rings. The summed E-state index contributed by atoms with van der Waals surface area (Å²) in [6.07, 6.45) is 2.27. The Bertz CT molecular complexity index is 893. The number of unbranched alkanes of at least 4 members (excludes halogenated alkanes) is 1. The van der Waals surface area contributed by atoms with Gasteiger partial charge in [-0.05, 0) is 37.0 Å². The molecule has 0 aliphatic rings. The van der Waals surface area contributed by atoms with Crippen molar-refractivity contribution in [2.24, 2.45) is 5.92 Å². The molecule has 0 radical (unpaired) electrons. The Kier molecular flexibility index (Phi) is 8.43. The van der Waals surface area contributed by atoms with Crippen LogP contribution < -0.4 is 5.32 Å². The molecule has 6 heteroatoms. The Hall–Kier alpha value is -2.63. The maximum atomic E-state index is 12.9. The van der Waals surface area contributed by atoms with Crippen molar-refractivity contribution >= 4 is 17.6 Å². The van der Waals surface area contributed by atoms with Gasteiger partial charge in [-0.15, -0.1) is 0 Å². The Balaban J connectivity index is 2.27. The zero-order valence-corrected chi connectivity index (χ0v) is 20.2. The molecule has 1 aromatic heterocycles. The predicted molar refractivity (Wildman–Crippen MR) is 127 cm³/mol. The van der Waals surface area contributed by atoms with Crippen LogP contribution in [0.3, 0.4) is 0 Å². The average Bonchev–Trinajstić information content (AvgIpc) is 3.09. The molecule has 0 spiro atoms. The second kappa shape index (κ2) is 10.6. The van der Waals surface area contributed by atoms with Crippen molar-refractivity contribution < 1.29 is 9.59 Å². The molecule has 0 saturated heterocycles. The number of nitrogens with one attached hydrogen (secondary N) is 1. The third kappa shape index (κ3) is 7.23. The molecule has 0 aliphatic carbocycles. The predicted octanol–water partition coefficient (Wildman–Crippen LogP) is 5.09. The van der Waals surface area contributed by atoms with E-state index in [0.717, 1.165) is 29.8 Å². The third-order valence-corrected chi connectivity index (χ3v) is 5.01. The van der Waals surface area contributed by atoms with Crippen LogP contribution in [-0.4, -0.2) is 39.6 Å². The van der Waals surface area contributed by atoms with Gasteiger partial charge in [-0.2, -0.15) is 5.10 Å². The van der Waals surface area contributed by atoms with Gasteiger partial charge in [0, 0.05) is 24.4 Å². The number of aromatic nitrogens is 2. The first-order valence-electron chi connectivity index (χ1n) is 11.3. The van der Waals surface area contributed by atoms with Crippen molar-refractivity contribution in [3.8, 4) is 5.69 Å². The number of hydrogen-bond acceptors (Lipinski definition) is 3. The molecule has 0 bridgehead atoms. The van der Waals surface area contributed by atoms with Gasteiger partial charge in [0.2, 0.25) is 11.8 Å². The van der Waals surface area contributed by atoms with Crippen LogP contribution in [0.1, 0.15) is 72.1 Å². The highest BCUT2D eigenvalue weighted by molar-refractivity contribution is 5.94. The van der Waals surface area contributed by atoms with E-state index >= 15 is 0 Å². The summed E-state index contributed by atoms with van der Waals surface area (Å²) in [5, 5.41) is 7.77. The molecule has 0 atom stereocenters. The molecule has 0 unspecified atom stereocenters. The Labute approximate surface area is 187 Å². The number of benzene rings is 1. The maximum absolute atomic E-state index is 12.9. The van der Waals surface area contributed by atoms with Crippen LogP contribution in [0.15, 0.2) is 30.3 Å². The van der Waals surface area contributed by atoms with Crippen molar-refractivity contribution in [2.75, 3.05) is 18.4 Å². The molecule has 1 heterocycles. The smallest absolute Gasteiger partial charge is 0.245 e. The molecule has 0 fully saturated rings. The first-order valence-corrected chi connectivity index (χ1v) is 11.3. The monoisotopic (exact) mass is 426 g/mol. The summed E-state index contributed by atoms with van der Waals surface area (Å²) < 4.78 is 1.77. The molecular weight excluding hydrogens is 388 g/mol. The Morgan fingerprint density at radius 1 is 1.19 bits per heavy atom. The second-order valence-corrected chi connectivity index (χ2v) is 9.74. The topological polar surface area (TPSA) is 67.2 Å². The number of aryl methyl sites for hydroxylation is 1. The zero-order chi connectivity index (χ0) is 23.2. The lowest BCUT2D eigenvalue weighted by atomic mass is 9.92. The van der Waals surface area contributed by atoms with Crippen LogP contribution in [0, 0.1) is 12.8 Å². The largest absolute Gasteiger partial charge is 0.333 e. The van der Waals surface area contributed by atoms with Gasteiger partial charge in [-0.3, -0.25) is 9.59 Å². The minimum atomic E-state index is -0.209. The number of carbonyl (C=O) groups excluding carboxylic acids is 2. The highest BCUT2D eigenvalue weighted by Gasteiger charge is 2.23. The van der Waals surface area contributed by atoms with Gasteiger partial charge in [0.05, 0.1) is 17.9 Å². The standard InChI is InChI=1S/C25H38N4O2/c1-8-9-13-24(31)28(16-18(2)3)17-23(30)26-22-15-21(25(5,6)7)27-29(22)20-12-10-11-19(4)14-20/h10-12,14-15,18H,8-9,13,16-17H2,1-7H3,(H,26,30). The summed E-state index contributed by atoms with van der Waals surface area (Å²) >= 11 is 0. The summed E-state index contributed by atoms with van der Waals surface area (Å²) in [5.41, 5.74) is 2.74. The summed E-state index contributed by atoms with van der Waals surface area (Å²) in [6, 6.07) is 9.94. The van der Waals surface area contributed by atoms with E-state index in [1.54, 1.807) is 9.58 Å². The number of carbonyl (C=O) groups is 2. The van der Waals surface area contributed by atoms with Gasteiger partial charge in [0.1, 0.15) is 5.82 Å². The van der Waals surface area contributed by atoms with Crippen LogP contribution in [0.25, 0.3) is 5.69 Å². The lowest BCUT2D eigenvalue weighted by molar-refractivity contribution is -0.135. The number of anilines is 1. The molecule has 2 amide bonds. The van der Waals surface area contributed by atoms with Crippen molar-refractivity contribution in [1.82, 2.24) is 14.7 Å². The van der Waals surface area contributed by atoms with Crippen LogP contribution in [0.5, 0.6) is 0 Å². The van der Waals surface area contributed by atoms with Crippen LogP contribution in [0.2, 0.25) is 0 Å². The van der Waals surface area contributed by atoms with Crippen LogP contribution in [0.4, 0.5) is 5.82 Å². The fourth-order valence-electron chi connectivity index (χ4n) is 3.33. The third-order valence-electron chi connectivity index (χ3n) is 5.01. The van der Waals surface area contributed by atoms with Gasteiger partial charge < -0.3 is 10.2 Å². The first-order chi connectivity index (χ1) is 14.5. The normalized spacial score (nSPS) is 11.6. The minimum Gasteiger partial charge on any atom is -0.333 e. The number of rotatable bonds is 9. The molecule has 1 aromatic carbocycles. The lowest BCUT2D eigenvalue weighted by Gasteiger charge is -2.24. The van der Waals surface area contributed by atoms with E-state index in [2.05, 4.69) is 46.9 Å². The van der Waals surface area contributed by atoms with Gasteiger partial charge in [-0.25, -0.2) is 4.68 Å². The van der Waals surface area contributed by atoms with E-state index in [9.17, 15) is 9.59 Å². The molecular formula is C25H38N4O2. The highest BCUT2D eigenvalue weighted by atomic mass is 16.2. The van der Waals surface area contributed by atoms with Crippen molar-refractivity contribution in [2.45, 2.75) is 73.1 Å². The summed E-state index contributed by atoms with van der Waals surface area (Å²) in [4.78, 5) is 27.2. The Morgan fingerprint density at radius 2 is 1.90 bits per heavy atom. The quantitative estimate of drug-likeness (QED) is 0.607. The lowest BCUT2D eigenvalue weighted by Crippen LogP contribution is -2.40. The Morgan fingerprint density at radius 3 is 2.48 bits per heavy atom. The zero-order valence-electron chi connectivity index (χ0n) is 20.2. The number of hydrogen-bond donors (Lipinski definition) is 1. The average molecular weight is 427 g/mol. The van der Waals surface area contributed by atoms with E-state index in [1.807, 2.05) is 37.3 Å². The molecule has 170 valence electrons. The van der Waals surface area contributed by atoms with E-state index in [0.29, 0.717) is 24.7 Å². The summed E-state index contributed by atoms with van der Waals surface area (Å²) in [6.45, 7) is 15.1. The van der Waals surface area contributed by atoms with Crippen LogP contribution >= 0.6 is 0 Å². The van der Waals surface area contributed by atoms with Gasteiger partial charge >= 0.3 is 0 Å². The van der Waals surface area contributed by atoms with Crippen LogP contribution in [-0.2, 0) is 15.0 Å². The first kappa shape index (κ1) is 24.6. The molecule has 0 aliphatic heterocycles. The summed E-state index contributed by atoms with van der Waals surface area (Å²) in [5.74, 6) is 0.739. The van der Waals surface area contributed by atoms with Gasteiger partial charge in [0.15, 0.2) is 0 Å². The van der Waals surface area contributed by atoms with E-state index in [4.69, 9.17) is 5.10 Å². The molecule has 6 nitrogen and oxygen atoms in total. The maximum Gasteiger partial charge on any atom is 0.245 e. The molecule has 31 heavy (non-hydrogen) atoms. The molecule has 0 saturated carbocycles. The second-order valence-electron chi connectivity index (χ2n) is 9.74. The molecule has 1 N–H and O–H groups in total. The van der Waals surface area contributed by atoms with Crippen molar-refractivity contribution in [1.29, 1.82) is 0 Å². The fourth-order valence-corrected chi connectivity index (χ4v) is 3.33. The number of nitrogens with zero attached hydrogens (tertiary/aromatic N) is 3. The van der Waals surface area contributed by atoms with Gasteiger partial charge in [-0.1, -0.05) is 60.1 Å². The highest BCUT2D eigenvalue weighted by Crippen LogP contribution is 2.26. The fraction of sp³-hybridized carbons (Fsp3) is 0.560. The van der Waals surface area contributed by atoms with Crippen molar-refractivity contribution in [3.63, 3.8) is 0 Å². The van der Waals surface area contributed by atoms with E-state index in [1.165, 1.54) is 0 Å². The van der Waals surface area contributed by atoms with Gasteiger partial charge in [0.25, 0.3) is 0 Å². The van der Waals surface area contributed by atoms with E-state index < -0.39 is 0 Å².